The van der Waals surface area contributed by atoms with Crippen molar-refractivity contribution in [1.29, 1.82) is 0 Å². The summed E-state index contributed by atoms with van der Waals surface area (Å²) in [7, 11) is -0.395. The fraction of sp³-hybridized carbons (Fsp3) is 1.00. The lowest BCUT2D eigenvalue weighted by atomic mass is 9.71. The summed E-state index contributed by atoms with van der Waals surface area (Å²) in [5, 5.41) is 0. The van der Waals surface area contributed by atoms with Crippen molar-refractivity contribution in [3.05, 3.63) is 0 Å². The van der Waals surface area contributed by atoms with Crippen LogP contribution in [-0.4, -0.2) is 8.80 Å². The Hall–Kier alpha value is 0.217. The molecule has 0 aromatic rings. The molecule has 11 heavy (non-hydrogen) atoms. The molecule has 0 spiro atoms. The summed E-state index contributed by atoms with van der Waals surface area (Å²) in [6.07, 6.45) is 0. The summed E-state index contributed by atoms with van der Waals surface area (Å²) in [4.78, 5) is 0. The molecule has 0 fully saturated rings. The third-order valence-electron chi connectivity index (χ3n) is 2.95. The van der Waals surface area contributed by atoms with Crippen LogP contribution < -0.4 is 0 Å². The van der Waals surface area contributed by atoms with Crippen LogP contribution in [0.25, 0.3) is 0 Å². The highest BCUT2D eigenvalue weighted by atomic mass is 28.3. The minimum absolute atomic E-state index is 0.395. The lowest BCUT2D eigenvalue weighted by Crippen LogP contribution is -2.32. The van der Waals surface area contributed by atoms with Crippen molar-refractivity contribution in [2.24, 2.45) is 10.8 Å². The number of hydrogen-bond acceptors (Lipinski definition) is 0. The minimum atomic E-state index is -0.395. The Bertz CT molecular complexity index is 117. The van der Waals surface area contributed by atoms with E-state index in [0.717, 1.165) is 0 Å². The van der Waals surface area contributed by atoms with E-state index in [9.17, 15) is 0 Å². The topological polar surface area (TPSA) is 0 Å². The zero-order chi connectivity index (χ0) is 9.28. The van der Waals surface area contributed by atoms with E-state index >= 15 is 0 Å². The Morgan fingerprint density at radius 2 is 1.27 bits per heavy atom. The molecule has 0 saturated heterocycles. The first kappa shape index (κ1) is 11.2. The van der Waals surface area contributed by atoms with Crippen LogP contribution in [-0.2, 0) is 0 Å². The maximum atomic E-state index is 2.44. The second kappa shape index (κ2) is 3.30. The average Bonchev–Trinajstić information content (AvgIpc) is 1.56. The van der Waals surface area contributed by atoms with Gasteiger partial charge in [0.15, 0.2) is 0 Å². The van der Waals surface area contributed by atoms with Crippen molar-refractivity contribution >= 4 is 8.80 Å². The van der Waals surface area contributed by atoms with E-state index in [2.05, 4.69) is 47.7 Å². The molecule has 0 aliphatic carbocycles. The predicted octanol–water partition coefficient (Wildman–Crippen LogP) is 3.55. The Morgan fingerprint density at radius 1 is 0.909 bits per heavy atom. The summed E-state index contributed by atoms with van der Waals surface area (Å²) >= 11 is 0. The van der Waals surface area contributed by atoms with Crippen molar-refractivity contribution in [1.82, 2.24) is 0 Å². The molecule has 0 saturated carbocycles. The lowest BCUT2D eigenvalue weighted by Gasteiger charge is -2.40. The lowest BCUT2D eigenvalue weighted by molar-refractivity contribution is 0.155. The van der Waals surface area contributed by atoms with Gasteiger partial charge in [0.25, 0.3) is 0 Å². The van der Waals surface area contributed by atoms with Gasteiger partial charge in [-0.05, 0) is 10.8 Å². The van der Waals surface area contributed by atoms with Gasteiger partial charge < -0.3 is 0 Å². The first-order valence-electron chi connectivity index (χ1n) is 4.67. The molecule has 0 atom stereocenters. The van der Waals surface area contributed by atoms with Gasteiger partial charge in [-0.3, -0.25) is 0 Å². The highest BCUT2D eigenvalue weighted by molar-refractivity contribution is 6.55. The van der Waals surface area contributed by atoms with E-state index < -0.39 is 8.80 Å². The van der Waals surface area contributed by atoms with E-state index in [0.29, 0.717) is 10.8 Å². The third-order valence-corrected chi connectivity index (χ3v) is 4.79. The molecule has 0 bridgehead atoms. The predicted molar refractivity (Wildman–Crippen MR) is 56.9 cm³/mol. The number of hydrogen-bond donors (Lipinski definition) is 0. The minimum Gasteiger partial charge on any atom is -0.0722 e. The SMILES string of the molecule is C[SiH](C)CC(C)(C)C(C)(C)C. The normalized spacial score (nSPS) is 14.2. The Kier molecular flexibility index (Phi) is 3.37. The van der Waals surface area contributed by atoms with Crippen LogP contribution in [0.3, 0.4) is 0 Å². The summed E-state index contributed by atoms with van der Waals surface area (Å²) in [5.74, 6) is 0. The van der Waals surface area contributed by atoms with Gasteiger partial charge in [0.05, 0.1) is 0 Å². The Balaban J connectivity index is 4.22. The van der Waals surface area contributed by atoms with E-state index in [1.165, 1.54) is 6.04 Å². The zero-order valence-electron chi connectivity index (χ0n) is 9.28. The molecule has 0 amide bonds. The first-order chi connectivity index (χ1) is 4.67. The van der Waals surface area contributed by atoms with Gasteiger partial charge in [-0.1, -0.05) is 53.8 Å². The van der Waals surface area contributed by atoms with Crippen LogP contribution in [0.5, 0.6) is 0 Å². The molecule has 1 heteroatoms. The molecule has 0 N–H and O–H groups in total. The average molecular weight is 172 g/mol. The van der Waals surface area contributed by atoms with Crippen molar-refractivity contribution in [3.8, 4) is 0 Å². The number of rotatable bonds is 2. The van der Waals surface area contributed by atoms with Crippen LogP contribution in [0.1, 0.15) is 34.6 Å². The standard InChI is InChI=1S/C10H24Si/c1-9(2,3)10(4,5)8-11(6)7/h11H,8H2,1-7H3. The van der Waals surface area contributed by atoms with Gasteiger partial charge in [0, 0.05) is 8.80 Å². The van der Waals surface area contributed by atoms with Crippen LogP contribution in [0.2, 0.25) is 19.1 Å². The van der Waals surface area contributed by atoms with Crippen LogP contribution in [0.15, 0.2) is 0 Å². The summed E-state index contributed by atoms with van der Waals surface area (Å²) in [5.41, 5.74) is 0.984. The monoisotopic (exact) mass is 172 g/mol. The molecule has 0 aliphatic heterocycles. The molecule has 0 heterocycles. The molecule has 0 aromatic carbocycles. The maximum Gasteiger partial charge on any atom is 0.0311 e. The Morgan fingerprint density at radius 3 is 1.36 bits per heavy atom. The van der Waals surface area contributed by atoms with Gasteiger partial charge in [0.2, 0.25) is 0 Å². The van der Waals surface area contributed by atoms with Gasteiger partial charge in [0.1, 0.15) is 0 Å². The first-order valence-corrected chi connectivity index (χ1v) is 7.79. The molecule has 68 valence electrons. The van der Waals surface area contributed by atoms with Crippen LogP contribution in [0, 0.1) is 10.8 Å². The molecule has 0 radical (unpaired) electrons. The van der Waals surface area contributed by atoms with E-state index in [-0.39, 0.29) is 0 Å². The summed E-state index contributed by atoms with van der Waals surface area (Å²) < 4.78 is 0. The van der Waals surface area contributed by atoms with Crippen molar-refractivity contribution in [2.75, 3.05) is 0 Å². The van der Waals surface area contributed by atoms with Crippen molar-refractivity contribution in [2.45, 2.75) is 53.8 Å². The maximum absolute atomic E-state index is 2.44. The van der Waals surface area contributed by atoms with Crippen molar-refractivity contribution in [3.63, 3.8) is 0 Å². The Labute approximate surface area is 74.0 Å². The van der Waals surface area contributed by atoms with Gasteiger partial charge in [-0.2, -0.15) is 0 Å². The zero-order valence-corrected chi connectivity index (χ0v) is 10.4. The highest BCUT2D eigenvalue weighted by Gasteiger charge is 2.32. The molecular formula is C10H24Si. The molecule has 0 aromatic heterocycles. The highest BCUT2D eigenvalue weighted by Crippen LogP contribution is 2.41. The van der Waals surface area contributed by atoms with E-state index in [4.69, 9.17) is 0 Å². The van der Waals surface area contributed by atoms with Gasteiger partial charge in [-0.25, -0.2) is 0 Å². The van der Waals surface area contributed by atoms with Crippen LogP contribution >= 0.6 is 0 Å². The van der Waals surface area contributed by atoms with E-state index in [1.807, 2.05) is 0 Å². The second-order valence-corrected chi connectivity index (χ2v) is 8.93. The quantitative estimate of drug-likeness (QED) is 0.559. The molecule has 0 unspecified atom stereocenters. The summed E-state index contributed by atoms with van der Waals surface area (Å²) in [6, 6.07) is 1.45. The van der Waals surface area contributed by atoms with Crippen LogP contribution in [0.4, 0.5) is 0 Å². The van der Waals surface area contributed by atoms with Gasteiger partial charge >= 0.3 is 0 Å². The molecule has 0 aliphatic rings. The molecule has 0 rings (SSSR count). The summed E-state index contributed by atoms with van der Waals surface area (Å²) in [6.45, 7) is 16.7. The smallest absolute Gasteiger partial charge is 0.0311 e. The fourth-order valence-electron chi connectivity index (χ4n) is 1.33. The fourth-order valence-corrected chi connectivity index (χ4v) is 3.98. The third kappa shape index (κ3) is 3.41. The van der Waals surface area contributed by atoms with E-state index in [1.54, 1.807) is 0 Å². The van der Waals surface area contributed by atoms with Gasteiger partial charge in [-0.15, -0.1) is 0 Å². The second-order valence-electron chi connectivity index (χ2n) is 5.73. The van der Waals surface area contributed by atoms with Crippen molar-refractivity contribution < 1.29 is 0 Å². The molecular weight excluding hydrogens is 148 g/mol. The largest absolute Gasteiger partial charge is 0.0722 e. The molecule has 0 nitrogen and oxygen atoms in total.